The Morgan fingerprint density at radius 2 is 2.18 bits per heavy atom. The third-order valence-electron chi connectivity index (χ3n) is 4.07. The first-order valence-corrected chi connectivity index (χ1v) is 5.02. The van der Waals surface area contributed by atoms with Crippen LogP contribution in [-0.2, 0) is 0 Å². The zero-order valence-electron chi connectivity index (χ0n) is 7.47. The Labute approximate surface area is 69.4 Å². The fraction of sp³-hybridized carbons (Fsp3) is 1.00. The first kappa shape index (κ1) is 7.60. The monoisotopic (exact) mass is 153 g/mol. The van der Waals surface area contributed by atoms with Gasteiger partial charge in [-0.25, -0.2) is 0 Å². The Bertz CT molecular complexity index is 143. The molecule has 0 aromatic rings. The van der Waals surface area contributed by atoms with Gasteiger partial charge in [0.25, 0.3) is 0 Å². The van der Waals surface area contributed by atoms with Crippen molar-refractivity contribution in [1.29, 1.82) is 0 Å². The molecule has 0 aromatic heterocycles. The van der Waals surface area contributed by atoms with E-state index in [1.165, 1.54) is 32.1 Å². The average molecular weight is 153 g/mol. The lowest BCUT2D eigenvalue weighted by atomic mass is 9.63. The molecule has 0 aliphatic heterocycles. The Balaban J connectivity index is 1.93. The molecule has 0 radical (unpaired) electrons. The van der Waals surface area contributed by atoms with Gasteiger partial charge in [0.2, 0.25) is 0 Å². The van der Waals surface area contributed by atoms with E-state index in [9.17, 15) is 0 Å². The minimum Gasteiger partial charge on any atom is -0.330 e. The quantitative estimate of drug-likeness (QED) is 0.660. The zero-order chi connectivity index (χ0) is 7.90. The van der Waals surface area contributed by atoms with E-state index in [0.29, 0.717) is 0 Å². The fourth-order valence-electron chi connectivity index (χ4n) is 2.88. The molecule has 11 heavy (non-hydrogen) atoms. The third kappa shape index (κ3) is 1.01. The van der Waals surface area contributed by atoms with Gasteiger partial charge in [0.15, 0.2) is 0 Å². The maximum Gasteiger partial charge on any atom is -0.00459 e. The summed E-state index contributed by atoms with van der Waals surface area (Å²) in [5, 5.41) is 0. The van der Waals surface area contributed by atoms with Crippen LogP contribution in [0.25, 0.3) is 0 Å². The van der Waals surface area contributed by atoms with Gasteiger partial charge in [-0.15, -0.1) is 0 Å². The summed E-state index contributed by atoms with van der Waals surface area (Å²) >= 11 is 0. The van der Waals surface area contributed by atoms with E-state index in [4.69, 9.17) is 5.73 Å². The molecule has 2 aliphatic rings. The lowest BCUT2D eigenvalue weighted by molar-refractivity contribution is 0.0880. The molecule has 2 saturated carbocycles. The van der Waals surface area contributed by atoms with E-state index < -0.39 is 0 Å². The molecule has 0 spiro atoms. The van der Waals surface area contributed by atoms with Crippen LogP contribution < -0.4 is 5.73 Å². The predicted molar refractivity (Wildman–Crippen MR) is 47.2 cm³/mol. The van der Waals surface area contributed by atoms with Gasteiger partial charge in [0.1, 0.15) is 0 Å². The average Bonchev–Trinajstić information content (AvgIpc) is 2.67. The van der Waals surface area contributed by atoms with Crippen molar-refractivity contribution in [2.75, 3.05) is 6.54 Å². The van der Waals surface area contributed by atoms with E-state index >= 15 is 0 Å². The second-order valence-electron chi connectivity index (χ2n) is 4.41. The molecule has 2 aliphatic carbocycles. The molecule has 0 saturated heterocycles. The summed E-state index contributed by atoms with van der Waals surface area (Å²) in [6, 6.07) is 0. The van der Waals surface area contributed by atoms with Gasteiger partial charge in [-0.1, -0.05) is 19.8 Å². The van der Waals surface area contributed by atoms with Gasteiger partial charge < -0.3 is 5.73 Å². The summed E-state index contributed by atoms with van der Waals surface area (Å²) in [6.07, 6.45) is 7.29. The SMILES string of the molecule is CCC1([C@@H]2C[C@H]2CN)CCC1. The van der Waals surface area contributed by atoms with Crippen LogP contribution in [0.4, 0.5) is 0 Å². The van der Waals surface area contributed by atoms with E-state index in [-0.39, 0.29) is 0 Å². The van der Waals surface area contributed by atoms with Crippen LogP contribution in [0.5, 0.6) is 0 Å². The number of hydrogen-bond acceptors (Lipinski definition) is 1. The predicted octanol–water partition coefficient (Wildman–Crippen LogP) is 2.16. The summed E-state index contributed by atoms with van der Waals surface area (Å²) in [6.45, 7) is 3.29. The van der Waals surface area contributed by atoms with Gasteiger partial charge in [-0.3, -0.25) is 0 Å². The van der Waals surface area contributed by atoms with Gasteiger partial charge in [0, 0.05) is 0 Å². The normalized spacial score (nSPS) is 39.8. The second-order valence-corrected chi connectivity index (χ2v) is 4.41. The van der Waals surface area contributed by atoms with Crippen LogP contribution in [0.3, 0.4) is 0 Å². The van der Waals surface area contributed by atoms with E-state index in [2.05, 4.69) is 6.92 Å². The van der Waals surface area contributed by atoms with Crippen LogP contribution in [0.15, 0.2) is 0 Å². The molecular formula is C10H19N. The minimum absolute atomic E-state index is 0.768. The lowest BCUT2D eigenvalue weighted by Gasteiger charge is -2.42. The van der Waals surface area contributed by atoms with E-state index in [1.807, 2.05) is 0 Å². The van der Waals surface area contributed by atoms with E-state index in [0.717, 1.165) is 23.8 Å². The Morgan fingerprint density at radius 3 is 2.45 bits per heavy atom. The van der Waals surface area contributed by atoms with Gasteiger partial charge >= 0.3 is 0 Å². The molecule has 1 heteroatoms. The molecule has 64 valence electrons. The zero-order valence-corrected chi connectivity index (χ0v) is 7.47. The largest absolute Gasteiger partial charge is 0.330 e. The van der Waals surface area contributed by atoms with Crippen molar-refractivity contribution in [2.45, 2.75) is 39.0 Å². The molecule has 2 atom stereocenters. The van der Waals surface area contributed by atoms with Crippen molar-refractivity contribution < 1.29 is 0 Å². The number of rotatable bonds is 3. The highest BCUT2D eigenvalue weighted by Gasteiger charge is 2.53. The van der Waals surface area contributed by atoms with Crippen molar-refractivity contribution in [3.05, 3.63) is 0 Å². The van der Waals surface area contributed by atoms with Crippen LogP contribution in [0.1, 0.15) is 39.0 Å². The van der Waals surface area contributed by atoms with Crippen LogP contribution in [-0.4, -0.2) is 6.54 Å². The second kappa shape index (κ2) is 2.48. The van der Waals surface area contributed by atoms with Crippen molar-refractivity contribution in [1.82, 2.24) is 0 Å². The molecule has 0 aromatic carbocycles. The molecule has 0 bridgehead atoms. The van der Waals surface area contributed by atoms with Crippen LogP contribution in [0.2, 0.25) is 0 Å². The highest BCUT2D eigenvalue weighted by Crippen LogP contribution is 2.61. The number of hydrogen-bond donors (Lipinski definition) is 1. The summed E-state index contributed by atoms with van der Waals surface area (Å²) in [5.74, 6) is 1.92. The van der Waals surface area contributed by atoms with Gasteiger partial charge in [-0.05, 0) is 43.1 Å². The summed E-state index contributed by atoms with van der Waals surface area (Å²) in [7, 11) is 0. The Kier molecular flexibility index (Phi) is 1.71. The maximum atomic E-state index is 5.65. The third-order valence-corrected chi connectivity index (χ3v) is 4.07. The van der Waals surface area contributed by atoms with Crippen molar-refractivity contribution >= 4 is 0 Å². The Hall–Kier alpha value is -0.0400. The molecule has 0 unspecified atom stereocenters. The molecule has 1 nitrogen and oxygen atoms in total. The highest BCUT2D eigenvalue weighted by atomic mass is 14.7. The van der Waals surface area contributed by atoms with Gasteiger partial charge in [-0.2, -0.15) is 0 Å². The lowest BCUT2D eigenvalue weighted by Crippen LogP contribution is -2.32. The van der Waals surface area contributed by atoms with Crippen LogP contribution >= 0.6 is 0 Å². The first-order valence-electron chi connectivity index (χ1n) is 5.02. The molecular weight excluding hydrogens is 134 g/mol. The molecule has 2 N–H and O–H groups in total. The summed E-state index contributed by atoms with van der Waals surface area (Å²) < 4.78 is 0. The number of nitrogens with two attached hydrogens (primary N) is 1. The van der Waals surface area contributed by atoms with Gasteiger partial charge in [0.05, 0.1) is 0 Å². The standard InChI is InChI=1S/C10H19N/c1-2-10(4-3-5-10)9-6-8(9)7-11/h8-9H,2-7,11H2,1H3/t8-,9+/m0/s1. The fourth-order valence-corrected chi connectivity index (χ4v) is 2.88. The summed E-state index contributed by atoms with van der Waals surface area (Å²) in [4.78, 5) is 0. The van der Waals surface area contributed by atoms with Crippen LogP contribution in [0, 0.1) is 17.3 Å². The topological polar surface area (TPSA) is 26.0 Å². The first-order chi connectivity index (χ1) is 5.32. The highest BCUT2D eigenvalue weighted by molar-refractivity contribution is 5.03. The van der Waals surface area contributed by atoms with Crippen molar-refractivity contribution in [3.63, 3.8) is 0 Å². The minimum atomic E-state index is 0.768. The van der Waals surface area contributed by atoms with Crippen molar-refractivity contribution in [3.8, 4) is 0 Å². The smallest absolute Gasteiger partial charge is 0.00459 e. The Morgan fingerprint density at radius 1 is 1.45 bits per heavy atom. The van der Waals surface area contributed by atoms with Crippen molar-refractivity contribution in [2.24, 2.45) is 23.0 Å². The maximum absolute atomic E-state index is 5.65. The summed E-state index contributed by atoms with van der Waals surface area (Å²) in [5.41, 5.74) is 6.42. The molecule has 2 rings (SSSR count). The molecule has 0 heterocycles. The molecule has 2 fully saturated rings. The van der Waals surface area contributed by atoms with E-state index in [1.54, 1.807) is 0 Å². The molecule has 0 amide bonds.